The van der Waals surface area contributed by atoms with Crippen molar-refractivity contribution in [1.29, 1.82) is 0 Å². The number of aliphatic hydroxyl groups is 2. The van der Waals surface area contributed by atoms with Gasteiger partial charge in [-0.2, -0.15) is 0 Å². The molecule has 0 bridgehead atoms. The Morgan fingerprint density at radius 1 is 1.39 bits per heavy atom. The zero-order chi connectivity index (χ0) is 17.7. The summed E-state index contributed by atoms with van der Waals surface area (Å²) >= 11 is 0. The van der Waals surface area contributed by atoms with Gasteiger partial charge in [0, 0.05) is 11.3 Å². The summed E-state index contributed by atoms with van der Waals surface area (Å²) in [5, 5.41) is 21.9. The van der Waals surface area contributed by atoms with E-state index in [0.29, 0.717) is 12.8 Å². The van der Waals surface area contributed by atoms with Crippen molar-refractivity contribution < 1.29 is 15.0 Å². The minimum atomic E-state index is -1.06. The topological polar surface area (TPSA) is 57.5 Å². The molecule has 1 unspecified atom stereocenters. The predicted octanol–water partition coefficient (Wildman–Crippen LogP) is 3.80. The van der Waals surface area contributed by atoms with E-state index in [1.807, 2.05) is 6.92 Å². The smallest absolute Gasteiger partial charge is 0.160 e. The van der Waals surface area contributed by atoms with Gasteiger partial charge in [-0.05, 0) is 56.6 Å². The third-order valence-corrected chi connectivity index (χ3v) is 6.61. The molecule has 0 aromatic carbocycles. The second-order valence-corrected chi connectivity index (χ2v) is 8.84. The second kappa shape index (κ2) is 5.56. The molecule has 1 saturated carbocycles. The first kappa shape index (κ1) is 18.4. The number of fused-ring (bicyclic) bond motifs is 1. The van der Waals surface area contributed by atoms with E-state index in [1.54, 1.807) is 13.0 Å². The molecule has 4 atom stereocenters. The Kier molecular flexibility index (Phi) is 4.45. The van der Waals surface area contributed by atoms with Crippen molar-refractivity contribution >= 4 is 5.78 Å². The molecular formula is C20H32O3. The summed E-state index contributed by atoms with van der Waals surface area (Å²) in [6, 6.07) is 0. The number of carbonyl (C=O) groups is 1. The quantitative estimate of drug-likeness (QED) is 0.775. The number of hydrogen-bond donors (Lipinski definition) is 2. The van der Waals surface area contributed by atoms with E-state index in [9.17, 15) is 15.0 Å². The van der Waals surface area contributed by atoms with Crippen LogP contribution in [0.1, 0.15) is 66.7 Å². The van der Waals surface area contributed by atoms with Crippen LogP contribution in [0.5, 0.6) is 0 Å². The Hall–Kier alpha value is -0.930. The maximum absolute atomic E-state index is 12.8. The fourth-order valence-electron chi connectivity index (χ4n) is 5.09. The highest BCUT2D eigenvalue weighted by atomic mass is 16.3. The lowest BCUT2D eigenvalue weighted by Crippen LogP contribution is -2.61. The standard InChI is InChI=1S/C20H32O3/c1-7-18(5,22)11-12-20(23)14(2)13-15(21)16-17(3,4)9-8-10-19(16,20)6/h7,13,16,22-23H,1,8-12H2,2-6H3/t16-,18+,19-,20?/m0/s1. The zero-order valence-electron chi connectivity index (χ0n) is 15.3. The van der Waals surface area contributed by atoms with Gasteiger partial charge >= 0.3 is 0 Å². The van der Waals surface area contributed by atoms with Gasteiger partial charge in [-0.1, -0.05) is 33.3 Å². The van der Waals surface area contributed by atoms with Crippen LogP contribution in [0.3, 0.4) is 0 Å². The van der Waals surface area contributed by atoms with E-state index >= 15 is 0 Å². The Morgan fingerprint density at radius 3 is 2.57 bits per heavy atom. The molecule has 0 saturated heterocycles. The molecule has 2 aliphatic rings. The summed E-state index contributed by atoms with van der Waals surface area (Å²) < 4.78 is 0. The number of ketones is 1. The molecule has 0 aromatic heterocycles. The number of allylic oxidation sites excluding steroid dienone is 1. The van der Waals surface area contributed by atoms with Crippen LogP contribution in [0.25, 0.3) is 0 Å². The average molecular weight is 320 g/mol. The van der Waals surface area contributed by atoms with Crippen molar-refractivity contribution in [2.75, 3.05) is 0 Å². The molecule has 0 amide bonds. The SMILES string of the molecule is C=C[C@@](C)(O)CCC1(O)C(C)=CC(=O)[C@H]2C(C)(C)CCC[C@@]21C. The lowest BCUT2D eigenvalue weighted by molar-refractivity contribution is -0.165. The summed E-state index contributed by atoms with van der Waals surface area (Å²) in [5.41, 5.74) is -1.93. The van der Waals surface area contributed by atoms with Gasteiger partial charge < -0.3 is 10.2 Å². The summed E-state index contributed by atoms with van der Waals surface area (Å²) in [5.74, 6) is -0.0269. The van der Waals surface area contributed by atoms with Crippen LogP contribution in [0.4, 0.5) is 0 Å². The second-order valence-electron chi connectivity index (χ2n) is 8.84. The van der Waals surface area contributed by atoms with Gasteiger partial charge in [-0.25, -0.2) is 0 Å². The van der Waals surface area contributed by atoms with Crippen molar-refractivity contribution in [2.24, 2.45) is 16.7 Å². The molecule has 2 N–H and O–H groups in total. The minimum Gasteiger partial charge on any atom is -0.386 e. The van der Waals surface area contributed by atoms with Crippen molar-refractivity contribution in [3.05, 3.63) is 24.3 Å². The molecule has 0 aliphatic heterocycles. The maximum atomic E-state index is 12.8. The van der Waals surface area contributed by atoms with Crippen LogP contribution in [-0.2, 0) is 4.79 Å². The third-order valence-electron chi connectivity index (χ3n) is 6.61. The average Bonchev–Trinajstić information content (AvgIpc) is 2.42. The predicted molar refractivity (Wildman–Crippen MR) is 93.0 cm³/mol. The third kappa shape index (κ3) is 2.83. The van der Waals surface area contributed by atoms with E-state index in [1.165, 1.54) is 6.08 Å². The van der Waals surface area contributed by atoms with Gasteiger partial charge in [0.05, 0.1) is 11.2 Å². The zero-order valence-corrected chi connectivity index (χ0v) is 15.3. The Morgan fingerprint density at radius 2 is 2.00 bits per heavy atom. The minimum absolute atomic E-state index is 0.115. The van der Waals surface area contributed by atoms with Crippen molar-refractivity contribution in [1.82, 2.24) is 0 Å². The molecule has 130 valence electrons. The van der Waals surface area contributed by atoms with E-state index in [2.05, 4.69) is 27.4 Å². The largest absolute Gasteiger partial charge is 0.386 e. The highest BCUT2D eigenvalue weighted by molar-refractivity contribution is 5.95. The molecule has 0 heterocycles. The maximum Gasteiger partial charge on any atom is 0.160 e. The van der Waals surface area contributed by atoms with Crippen molar-refractivity contribution in [2.45, 2.75) is 77.9 Å². The summed E-state index contributed by atoms with van der Waals surface area (Å²) in [6.45, 7) is 13.6. The molecular weight excluding hydrogens is 288 g/mol. The van der Waals surface area contributed by atoms with Crippen molar-refractivity contribution in [3.63, 3.8) is 0 Å². The van der Waals surface area contributed by atoms with Gasteiger partial charge in [0.25, 0.3) is 0 Å². The molecule has 3 heteroatoms. The lowest BCUT2D eigenvalue weighted by Gasteiger charge is -2.59. The van der Waals surface area contributed by atoms with E-state index < -0.39 is 16.6 Å². The number of rotatable bonds is 4. The van der Waals surface area contributed by atoms with Gasteiger partial charge in [-0.3, -0.25) is 4.79 Å². The van der Waals surface area contributed by atoms with Crippen molar-refractivity contribution in [3.8, 4) is 0 Å². The highest BCUT2D eigenvalue weighted by Gasteiger charge is 2.61. The molecule has 3 nitrogen and oxygen atoms in total. The summed E-state index contributed by atoms with van der Waals surface area (Å²) in [6.07, 6.45) is 6.88. The molecule has 2 rings (SSSR count). The molecule has 0 aromatic rings. The highest BCUT2D eigenvalue weighted by Crippen LogP contribution is 2.61. The van der Waals surface area contributed by atoms with Crippen LogP contribution < -0.4 is 0 Å². The Bertz CT molecular complexity index is 543. The van der Waals surface area contributed by atoms with Crippen LogP contribution in [-0.4, -0.2) is 27.2 Å². The first-order chi connectivity index (χ1) is 10.4. The van der Waals surface area contributed by atoms with Crippen LogP contribution >= 0.6 is 0 Å². The van der Waals surface area contributed by atoms with E-state index in [0.717, 1.165) is 24.8 Å². The monoisotopic (exact) mass is 320 g/mol. The van der Waals surface area contributed by atoms with Gasteiger partial charge in [0.2, 0.25) is 0 Å². The lowest BCUT2D eigenvalue weighted by atomic mass is 9.46. The Balaban J connectivity index is 2.47. The van der Waals surface area contributed by atoms with Crippen LogP contribution in [0.2, 0.25) is 0 Å². The summed E-state index contributed by atoms with van der Waals surface area (Å²) in [4.78, 5) is 12.8. The van der Waals surface area contributed by atoms with E-state index in [4.69, 9.17) is 0 Å². The number of carbonyl (C=O) groups excluding carboxylic acids is 1. The molecule has 1 fully saturated rings. The van der Waals surface area contributed by atoms with Crippen LogP contribution in [0, 0.1) is 16.7 Å². The fourth-order valence-corrected chi connectivity index (χ4v) is 5.09. The first-order valence-electron chi connectivity index (χ1n) is 8.71. The van der Waals surface area contributed by atoms with Crippen LogP contribution in [0.15, 0.2) is 24.3 Å². The number of hydrogen-bond acceptors (Lipinski definition) is 3. The molecule has 23 heavy (non-hydrogen) atoms. The van der Waals surface area contributed by atoms with Gasteiger partial charge in [0.15, 0.2) is 5.78 Å². The van der Waals surface area contributed by atoms with Gasteiger partial charge in [0.1, 0.15) is 0 Å². The normalized spacial score (nSPS) is 39.2. The molecule has 0 radical (unpaired) electrons. The fraction of sp³-hybridized carbons (Fsp3) is 0.750. The van der Waals surface area contributed by atoms with Gasteiger partial charge in [-0.15, -0.1) is 6.58 Å². The Labute approximate surface area is 140 Å². The molecule has 2 aliphatic carbocycles. The molecule has 0 spiro atoms. The first-order valence-corrected chi connectivity index (χ1v) is 8.71. The van der Waals surface area contributed by atoms with E-state index in [-0.39, 0.29) is 17.1 Å². The summed E-state index contributed by atoms with van der Waals surface area (Å²) in [7, 11) is 0.